The van der Waals surface area contributed by atoms with Crippen molar-refractivity contribution in [3.05, 3.63) is 78.0 Å². The fourth-order valence-electron chi connectivity index (χ4n) is 2.54. The molecule has 0 fully saturated rings. The molecule has 0 radical (unpaired) electrons. The van der Waals surface area contributed by atoms with Crippen molar-refractivity contribution in [2.24, 2.45) is 4.99 Å². The Morgan fingerprint density at radius 1 is 1.08 bits per heavy atom. The molecular formula is C23H26N2. The van der Waals surface area contributed by atoms with Gasteiger partial charge < -0.3 is 0 Å². The van der Waals surface area contributed by atoms with Crippen molar-refractivity contribution in [1.82, 2.24) is 4.98 Å². The second-order valence-corrected chi connectivity index (χ2v) is 6.18. The number of benzene rings is 2. The van der Waals surface area contributed by atoms with Gasteiger partial charge >= 0.3 is 0 Å². The molecule has 0 aliphatic rings. The molecule has 0 amide bonds. The Kier molecular flexibility index (Phi) is 6.64. The normalized spacial score (nSPS) is 10.2. The van der Waals surface area contributed by atoms with Gasteiger partial charge in [-0.3, -0.25) is 9.98 Å². The molecule has 0 N–H and O–H groups in total. The maximum atomic E-state index is 4.49. The molecule has 2 nitrogen and oxygen atoms in total. The standard InChI is InChI=1S/C12H15N.C11H11N/c1-5-10-8-11(9(2)3)6-7-12(10)13-4;1-2-10-8-7-9-5-3-4-6-11(9)12-10/h5-9H,1,4H2,2-3H3;3-8H,2H2,1H3. The van der Waals surface area contributed by atoms with E-state index in [1.54, 1.807) is 0 Å². The van der Waals surface area contributed by atoms with E-state index in [0.29, 0.717) is 5.92 Å². The molecule has 0 saturated heterocycles. The first-order valence-corrected chi connectivity index (χ1v) is 8.66. The summed E-state index contributed by atoms with van der Waals surface area (Å²) >= 11 is 0. The molecule has 1 aromatic heterocycles. The van der Waals surface area contributed by atoms with Crippen molar-refractivity contribution in [3.63, 3.8) is 0 Å². The van der Waals surface area contributed by atoms with E-state index in [2.05, 4.69) is 80.4 Å². The summed E-state index contributed by atoms with van der Waals surface area (Å²) in [6.45, 7) is 13.7. The van der Waals surface area contributed by atoms with E-state index in [-0.39, 0.29) is 0 Å². The third kappa shape index (κ3) is 4.87. The topological polar surface area (TPSA) is 25.2 Å². The highest BCUT2D eigenvalue weighted by molar-refractivity contribution is 5.78. The SMILES string of the molecule is C=Cc1cc(C(C)C)ccc1N=C.CCc1ccc2ccccc2n1. The summed E-state index contributed by atoms with van der Waals surface area (Å²) in [6, 6.07) is 18.6. The van der Waals surface area contributed by atoms with E-state index in [1.165, 1.54) is 10.9 Å². The largest absolute Gasteiger partial charge is 0.264 e. The lowest BCUT2D eigenvalue weighted by Gasteiger charge is -2.07. The van der Waals surface area contributed by atoms with Crippen LogP contribution < -0.4 is 0 Å². The number of aliphatic imine (C=N–C) groups is 1. The van der Waals surface area contributed by atoms with Crippen LogP contribution in [0.25, 0.3) is 17.0 Å². The summed E-state index contributed by atoms with van der Waals surface area (Å²) in [5.74, 6) is 0.539. The van der Waals surface area contributed by atoms with Crippen LogP contribution in [-0.4, -0.2) is 11.7 Å². The van der Waals surface area contributed by atoms with Gasteiger partial charge in [-0.1, -0.05) is 63.8 Å². The number of rotatable bonds is 4. The summed E-state index contributed by atoms with van der Waals surface area (Å²) in [7, 11) is 0. The van der Waals surface area contributed by atoms with Crippen LogP contribution in [0.1, 0.15) is 43.5 Å². The Bertz CT molecular complexity index is 863. The van der Waals surface area contributed by atoms with Crippen molar-refractivity contribution < 1.29 is 0 Å². The summed E-state index contributed by atoms with van der Waals surface area (Å²) in [6.07, 6.45) is 2.82. The molecule has 0 unspecified atom stereocenters. The highest BCUT2D eigenvalue weighted by atomic mass is 14.7. The lowest BCUT2D eigenvalue weighted by molar-refractivity contribution is 0.866. The summed E-state index contributed by atoms with van der Waals surface area (Å²) in [4.78, 5) is 8.41. The fraction of sp³-hybridized carbons (Fsp3) is 0.217. The van der Waals surface area contributed by atoms with Crippen LogP contribution in [-0.2, 0) is 6.42 Å². The zero-order chi connectivity index (χ0) is 18.2. The van der Waals surface area contributed by atoms with E-state index in [9.17, 15) is 0 Å². The Hall–Kier alpha value is -2.74. The highest BCUT2D eigenvalue weighted by Crippen LogP contribution is 2.24. The lowest BCUT2D eigenvalue weighted by atomic mass is 10.00. The van der Waals surface area contributed by atoms with E-state index in [1.807, 2.05) is 24.3 Å². The lowest BCUT2D eigenvalue weighted by Crippen LogP contribution is -1.87. The quantitative estimate of drug-likeness (QED) is 0.496. The van der Waals surface area contributed by atoms with Crippen molar-refractivity contribution >= 4 is 29.4 Å². The second-order valence-electron chi connectivity index (χ2n) is 6.18. The second kappa shape index (κ2) is 8.93. The molecule has 0 saturated carbocycles. The van der Waals surface area contributed by atoms with Crippen molar-refractivity contribution in [3.8, 4) is 0 Å². The van der Waals surface area contributed by atoms with Crippen LogP contribution >= 0.6 is 0 Å². The average Bonchev–Trinajstić information content (AvgIpc) is 2.67. The van der Waals surface area contributed by atoms with Crippen LogP contribution in [0.3, 0.4) is 0 Å². The molecule has 25 heavy (non-hydrogen) atoms. The van der Waals surface area contributed by atoms with Gasteiger partial charge in [0.05, 0.1) is 11.2 Å². The number of para-hydroxylation sites is 1. The molecule has 0 aliphatic heterocycles. The number of fused-ring (bicyclic) bond motifs is 1. The number of aromatic nitrogens is 1. The van der Waals surface area contributed by atoms with E-state index >= 15 is 0 Å². The van der Waals surface area contributed by atoms with Crippen molar-refractivity contribution in [2.45, 2.75) is 33.1 Å². The van der Waals surface area contributed by atoms with Crippen LogP contribution in [0, 0.1) is 0 Å². The Labute approximate surface area is 151 Å². The van der Waals surface area contributed by atoms with Gasteiger partial charge in [0.2, 0.25) is 0 Å². The van der Waals surface area contributed by atoms with E-state index in [4.69, 9.17) is 0 Å². The third-order valence-corrected chi connectivity index (χ3v) is 4.13. The Balaban J connectivity index is 0.000000181. The molecule has 0 spiro atoms. The summed E-state index contributed by atoms with van der Waals surface area (Å²) in [5.41, 5.74) is 5.52. The van der Waals surface area contributed by atoms with Gasteiger partial charge in [0.25, 0.3) is 0 Å². The number of aryl methyl sites for hydroxylation is 1. The molecular weight excluding hydrogens is 304 g/mol. The molecule has 0 aliphatic carbocycles. The monoisotopic (exact) mass is 330 g/mol. The first-order chi connectivity index (χ1) is 12.1. The molecule has 128 valence electrons. The average molecular weight is 330 g/mol. The van der Waals surface area contributed by atoms with Gasteiger partial charge in [0, 0.05) is 11.1 Å². The predicted molar refractivity (Wildman–Crippen MR) is 111 cm³/mol. The summed E-state index contributed by atoms with van der Waals surface area (Å²) in [5, 5.41) is 1.22. The smallest absolute Gasteiger partial charge is 0.0705 e. The van der Waals surface area contributed by atoms with Crippen LogP contribution in [0.4, 0.5) is 5.69 Å². The van der Waals surface area contributed by atoms with Gasteiger partial charge in [-0.15, -0.1) is 0 Å². The number of pyridine rings is 1. The predicted octanol–water partition coefficient (Wildman–Crippen LogP) is 6.58. The highest BCUT2D eigenvalue weighted by Gasteiger charge is 2.02. The first kappa shape index (κ1) is 18.6. The van der Waals surface area contributed by atoms with Gasteiger partial charge in [-0.2, -0.15) is 0 Å². The van der Waals surface area contributed by atoms with Crippen molar-refractivity contribution in [2.75, 3.05) is 0 Å². The van der Waals surface area contributed by atoms with Crippen LogP contribution in [0.5, 0.6) is 0 Å². The molecule has 3 rings (SSSR count). The minimum atomic E-state index is 0.539. The number of nitrogens with zero attached hydrogens (tertiary/aromatic N) is 2. The molecule has 0 atom stereocenters. The minimum absolute atomic E-state index is 0.539. The maximum absolute atomic E-state index is 4.49. The molecule has 2 aromatic carbocycles. The fourth-order valence-corrected chi connectivity index (χ4v) is 2.54. The number of hydrogen-bond donors (Lipinski definition) is 0. The summed E-state index contributed by atoms with van der Waals surface area (Å²) < 4.78 is 0. The van der Waals surface area contributed by atoms with Crippen molar-refractivity contribution in [1.29, 1.82) is 0 Å². The zero-order valence-corrected chi connectivity index (χ0v) is 15.4. The maximum Gasteiger partial charge on any atom is 0.0705 e. The van der Waals surface area contributed by atoms with Gasteiger partial charge in [0.15, 0.2) is 0 Å². The Morgan fingerprint density at radius 2 is 1.84 bits per heavy atom. The Morgan fingerprint density at radius 3 is 2.48 bits per heavy atom. The molecule has 2 heteroatoms. The van der Waals surface area contributed by atoms with Crippen LogP contribution in [0.15, 0.2) is 66.2 Å². The molecule has 0 bridgehead atoms. The van der Waals surface area contributed by atoms with E-state index < -0.39 is 0 Å². The zero-order valence-electron chi connectivity index (χ0n) is 15.4. The van der Waals surface area contributed by atoms with E-state index in [0.717, 1.165) is 28.9 Å². The molecule has 3 aromatic rings. The number of hydrogen-bond acceptors (Lipinski definition) is 2. The van der Waals surface area contributed by atoms with Gasteiger partial charge in [-0.05, 0) is 54.4 Å². The van der Waals surface area contributed by atoms with Crippen LogP contribution in [0.2, 0.25) is 0 Å². The van der Waals surface area contributed by atoms with Gasteiger partial charge in [0.1, 0.15) is 0 Å². The molecule has 1 heterocycles. The third-order valence-electron chi connectivity index (χ3n) is 4.13. The first-order valence-electron chi connectivity index (χ1n) is 8.66. The van der Waals surface area contributed by atoms with Gasteiger partial charge in [-0.25, -0.2) is 0 Å². The minimum Gasteiger partial charge on any atom is -0.264 e.